The summed E-state index contributed by atoms with van der Waals surface area (Å²) < 4.78 is 33.7. The Bertz CT molecular complexity index is 802. The molecular weight excluding hydrogens is 300 g/mol. The van der Waals surface area contributed by atoms with Gasteiger partial charge in [-0.2, -0.15) is 5.26 Å². The summed E-state index contributed by atoms with van der Waals surface area (Å²) in [4.78, 5) is 11.9. The number of carbonyl (C=O) groups is 1. The van der Waals surface area contributed by atoms with E-state index >= 15 is 0 Å². The summed E-state index contributed by atoms with van der Waals surface area (Å²) in [7, 11) is 0. The zero-order valence-corrected chi connectivity index (χ0v) is 13.0. The van der Waals surface area contributed by atoms with Gasteiger partial charge in [-0.3, -0.25) is 0 Å². The smallest absolute Gasteiger partial charge is 0.341 e. The van der Waals surface area contributed by atoms with E-state index < -0.39 is 28.8 Å². The standard InChI is InChI=1S/C18H15F2NO2/c1-18(2,3)23-17(22)14-9-8-13(15(19)16(14)20)12-7-5-4-6-11(12)10-21/h4-9H,1-3H3. The van der Waals surface area contributed by atoms with Crippen molar-refractivity contribution in [3.63, 3.8) is 0 Å². The first kappa shape index (κ1) is 16.6. The van der Waals surface area contributed by atoms with Gasteiger partial charge in [-0.05, 0) is 32.9 Å². The molecule has 0 saturated heterocycles. The van der Waals surface area contributed by atoms with Gasteiger partial charge in [0.15, 0.2) is 11.6 Å². The quantitative estimate of drug-likeness (QED) is 0.769. The second-order valence-corrected chi connectivity index (χ2v) is 5.95. The van der Waals surface area contributed by atoms with Crippen molar-refractivity contribution in [3.05, 3.63) is 59.2 Å². The molecule has 2 rings (SSSR count). The summed E-state index contributed by atoms with van der Waals surface area (Å²) in [6.07, 6.45) is 0. The van der Waals surface area contributed by atoms with Gasteiger partial charge in [0.25, 0.3) is 0 Å². The lowest BCUT2D eigenvalue weighted by Crippen LogP contribution is -2.24. The van der Waals surface area contributed by atoms with Gasteiger partial charge in [0.05, 0.1) is 17.2 Å². The first-order valence-corrected chi connectivity index (χ1v) is 6.95. The lowest BCUT2D eigenvalue weighted by molar-refractivity contribution is 0.00637. The van der Waals surface area contributed by atoms with Crippen LogP contribution in [-0.2, 0) is 4.74 Å². The fraction of sp³-hybridized carbons (Fsp3) is 0.222. The van der Waals surface area contributed by atoms with Crippen molar-refractivity contribution in [1.29, 1.82) is 5.26 Å². The summed E-state index contributed by atoms with van der Waals surface area (Å²) in [5, 5.41) is 9.07. The van der Waals surface area contributed by atoms with Crippen LogP contribution >= 0.6 is 0 Å². The molecule has 2 aromatic rings. The molecule has 0 aliphatic heterocycles. The van der Waals surface area contributed by atoms with E-state index in [1.165, 1.54) is 18.2 Å². The van der Waals surface area contributed by atoms with Crippen molar-refractivity contribution in [2.24, 2.45) is 0 Å². The second kappa shape index (κ2) is 6.17. The summed E-state index contributed by atoms with van der Waals surface area (Å²) in [6.45, 7) is 4.91. The van der Waals surface area contributed by atoms with Gasteiger partial charge in [0.1, 0.15) is 5.60 Å². The molecule has 0 aliphatic rings. The van der Waals surface area contributed by atoms with Crippen LogP contribution in [0.2, 0.25) is 0 Å². The van der Waals surface area contributed by atoms with Crippen LogP contribution in [-0.4, -0.2) is 11.6 Å². The van der Waals surface area contributed by atoms with Crippen LogP contribution in [0.3, 0.4) is 0 Å². The number of nitrogens with zero attached hydrogens (tertiary/aromatic N) is 1. The predicted octanol–water partition coefficient (Wildman–Crippen LogP) is 4.46. The number of esters is 1. The molecule has 118 valence electrons. The highest BCUT2D eigenvalue weighted by Crippen LogP contribution is 2.29. The number of hydrogen-bond acceptors (Lipinski definition) is 3. The highest BCUT2D eigenvalue weighted by atomic mass is 19.2. The molecular formula is C18H15F2NO2. The average Bonchev–Trinajstić information content (AvgIpc) is 2.48. The van der Waals surface area contributed by atoms with E-state index in [0.29, 0.717) is 0 Å². The van der Waals surface area contributed by atoms with Crippen LogP contribution in [0.1, 0.15) is 36.7 Å². The fourth-order valence-electron chi connectivity index (χ4n) is 2.06. The van der Waals surface area contributed by atoms with Crippen molar-refractivity contribution < 1.29 is 18.3 Å². The molecule has 0 atom stereocenters. The van der Waals surface area contributed by atoms with E-state index in [1.54, 1.807) is 32.9 Å². The monoisotopic (exact) mass is 315 g/mol. The molecule has 3 nitrogen and oxygen atoms in total. The van der Waals surface area contributed by atoms with E-state index in [4.69, 9.17) is 10.00 Å². The van der Waals surface area contributed by atoms with Crippen LogP contribution in [0.5, 0.6) is 0 Å². The first-order chi connectivity index (χ1) is 10.7. The number of nitriles is 1. The zero-order valence-electron chi connectivity index (χ0n) is 13.0. The van der Waals surface area contributed by atoms with Crippen molar-refractivity contribution in [2.45, 2.75) is 26.4 Å². The van der Waals surface area contributed by atoms with Crippen LogP contribution in [0.15, 0.2) is 36.4 Å². The minimum absolute atomic E-state index is 0.0769. The number of rotatable bonds is 2. The molecule has 0 radical (unpaired) electrons. The van der Waals surface area contributed by atoms with Crippen LogP contribution < -0.4 is 0 Å². The van der Waals surface area contributed by atoms with Crippen molar-refractivity contribution >= 4 is 5.97 Å². The summed E-state index contributed by atoms with van der Waals surface area (Å²) in [5.74, 6) is -3.41. The SMILES string of the molecule is CC(C)(C)OC(=O)c1ccc(-c2ccccc2C#N)c(F)c1F. The highest BCUT2D eigenvalue weighted by molar-refractivity contribution is 5.91. The summed E-state index contributed by atoms with van der Waals surface area (Å²) in [5.41, 5.74) is -0.882. The minimum Gasteiger partial charge on any atom is -0.456 e. The maximum absolute atomic E-state index is 14.4. The van der Waals surface area contributed by atoms with Gasteiger partial charge in [-0.15, -0.1) is 0 Å². The number of hydrogen-bond donors (Lipinski definition) is 0. The van der Waals surface area contributed by atoms with E-state index in [2.05, 4.69) is 0 Å². The van der Waals surface area contributed by atoms with Crippen molar-refractivity contribution in [2.75, 3.05) is 0 Å². The Balaban J connectivity index is 2.51. The molecule has 2 aromatic carbocycles. The molecule has 0 aromatic heterocycles. The molecule has 5 heteroatoms. The Morgan fingerprint density at radius 2 is 1.70 bits per heavy atom. The van der Waals surface area contributed by atoms with Gasteiger partial charge >= 0.3 is 5.97 Å². The minimum atomic E-state index is -1.29. The molecule has 0 spiro atoms. The number of ether oxygens (including phenoxy) is 1. The molecule has 0 heterocycles. The van der Waals surface area contributed by atoms with E-state index in [9.17, 15) is 13.6 Å². The zero-order chi connectivity index (χ0) is 17.2. The maximum Gasteiger partial charge on any atom is 0.341 e. The summed E-state index contributed by atoms with van der Waals surface area (Å²) in [6, 6.07) is 10.6. The molecule has 0 bridgehead atoms. The Labute approximate surface area is 133 Å². The predicted molar refractivity (Wildman–Crippen MR) is 81.7 cm³/mol. The number of benzene rings is 2. The Morgan fingerprint density at radius 1 is 1.04 bits per heavy atom. The maximum atomic E-state index is 14.4. The summed E-state index contributed by atoms with van der Waals surface area (Å²) >= 11 is 0. The number of halogens is 2. The Kier molecular flexibility index (Phi) is 4.46. The van der Waals surface area contributed by atoms with Crippen molar-refractivity contribution in [1.82, 2.24) is 0 Å². The molecule has 0 saturated carbocycles. The number of carbonyl (C=O) groups excluding carboxylic acids is 1. The second-order valence-electron chi connectivity index (χ2n) is 5.95. The topological polar surface area (TPSA) is 50.1 Å². The van der Waals surface area contributed by atoms with Gasteiger partial charge in [0, 0.05) is 11.1 Å². The molecule has 0 unspecified atom stereocenters. The van der Waals surface area contributed by atoms with Crippen LogP contribution in [0.4, 0.5) is 8.78 Å². The first-order valence-electron chi connectivity index (χ1n) is 6.95. The third-order valence-electron chi connectivity index (χ3n) is 3.04. The van der Waals surface area contributed by atoms with Gasteiger partial charge in [-0.1, -0.05) is 24.3 Å². The average molecular weight is 315 g/mol. The largest absolute Gasteiger partial charge is 0.456 e. The highest BCUT2D eigenvalue weighted by Gasteiger charge is 2.24. The third kappa shape index (κ3) is 3.54. The van der Waals surface area contributed by atoms with Crippen molar-refractivity contribution in [3.8, 4) is 17.2 Å². The molecule has 0 amide bonds. The molecule has 23 heavy (non-hydrogen) atoms. The van der Waals surface area contributed by atoms with E-state index in [1.807, 2.05) is 6.07 Å². The normalized spacial score (nSPS) is 11.0. The fourth-order valence-corrected chi connectivity index (χ4v) is 2.06. The molecule has 0 N–H and O–H groups in total. The molecule has 0 fully saturated rings. The van der Waals surface area contributed by atoms with Gasteiger partial charge < -0.3 is 4.74 Å². The van der Waals surface area contributed by atoms with E-state index in [-0.39, 0.29) is 16.7 Å². The molecule has 0 aliphatic carbocycles. The lowest BCUT2D eigenvalue weighted by Gasteiger charge is -2.20. The lowest BCUT2D eigenvalue weighted by atomic mass is 9.98. The Hall–Kier alpha value is -2.74. The van der Waals surface area contributed by atoms with Gasteiger partial charge in [-0.25, -0.2) is 13.6 Å². The van der Waals surface area contributed by atoms with Gasteiger partial charge in [0.2, 0.25) is 0 Å². The van der Waals surface area contributed by atoms with Crippen LogP contribution in [0.25, 0.3) is 11.1 Å². The third-order valence-corrected chi connectivity index (χ3v) is 3.04. The Morgan fingerprint density at radius 3 is 2.30 bits per heavy atom. The van der Waals surface area contributed by atoms with E-state index in [0.717, 1.165) is 6.07 Å². The van der Waals surface area contributed by atoms with Crippen LogP contribution in [0, 0.1) is 23.0 Å².